The minimum absolute atomic E-state index is 0.143. The zero-order chi connectivity index (χ0) is 12.3. The van der Waals surface area contributed by atoms with Gasteiger partial charge >= 0.3 is 0 Å². The number of benzene rings is 2. The predicted octanol–water partition coefficient (Wildman–Crippen LogP) is 4.02. The molecular formula is C17H14O. The molecule has 0 bridgehead atoms. The molecule has 1 heteroatoms. The van der Waals surface area contributed by atoms with E-state index in [9.17, 15) is 4.79 Å². The van der Waals surface area contributed by atoms with Crippen LogP contribution >= 0.6 is 0 Å². The molecule has 2 atom stereocenters. The maximum Gasteiger partial charge on any atom is 0.166 e. The number of fused-ring (bicyclic) bond motifs is 3. The fraction of sp³-hybridized carbons (Fsp3) is 0.235. The summed E-state index contributed by atoms with van der Waals surface area (Å²) in [5, 5.41) is 0. The molecule has 2 aromatic carbocycles. The highest BCUT2D eigenvalue weighted by molar-refractivity contribution is 6.03. The fourth-order valence-electron chi connectivity index (χ4n) is 3.56. The lowest BCUT2D eigenvalue weighted by Crippen LogP contribution is -2.22. The van der Waals surface area contributed by atoms with E-state index in [-0.39, 0.29) is 5.92 Å². The number of rotatable bonds is 0. The fourth-order valence-corrected chi connectivity index (χ4v) is 3.56. The van der Waals surface area contributed by atoms with Gasteiger partial charge in [0.2, 0.25) is 0 Å². The molecule has 0 fully saturated rings. The van der Waals surface area contributed by atoms with Crippen molar-refractivity contribution in [1.82, 2.24) is 0 Å². The Morgan fingerprint density at radius 1 is 0.944 bits per heavy atom. The summed E-state index contributed by atoms with van der Waals surface area (Å²) in [5.74, 6) is 0.889. The van der Waals surface area contributed by atoms with Gasteiger partial charge in [-0.1, -0.05) is 49.4 Å². The molecule has 2 unspecified atom stereocenters. The van der Waals surface area contributed by atoms with Crippen molar-refractivity contribution >= 4 is 5.78 Å². The molecule has 2 aromatic rings. The van der Waals surface area contributed by atoms with Crippen LogP contribution in [0.2, 0.25) is 0 Å². The van der Waals surface area contributed by atoms with Crippen molar-refractivity contribution in [3.05, 3.63) is 59.2 Å². The van der Waals surface area contributed by atoms with Crippen molar-refractivity contribution in [2.75, 3.05) is 0 Å². The average molecular weight is 234 g/mol. The Hall–Kier alpha value is -1.89. The third-order valence-electron chi connectivity index (χ3n) is 4.38. The van der Waals surface area contributed by atoms with Crippen molar-refractivity contribution in [3.63, 3.8) is 0 Å². The minimum atomic E-state index is 0.143. The second kappa shape index (κ2) is 3.32. The monoisotopic (exact) mass is 234 g/mol. The van der Waals surface area contributed by atoms with Gasteiger partial charge in [-0.25, -0.2) is 0 Å². The first-order chi connectivity index (χ1) is 8.77. The molecule has 0 amide bonds. The van der Waals surface area contributed by atoms with E-state index in [0.717, 1.165) is 12.0 Å². The Balaban J connectivity index is 2.09. The lowest BCUT2D eigenvalue weighted by Gasteiger charge is -2.26. The molecule has 0 saturated carbocycles. The largest absolute Gasteiger partial charge is 0.294 e. The number of carbonyl (C=O) groups excluding carboxylic acids is 1. The molecular weight excluding hydrogens is 220 g/mol. The van der Waals surface area contributed by atoms with Crippen LogP contribution in [-0.2, 0) is 0 Å². The second-order valence-corrected chi connectivity index (χ2v) is 5.41. The van der Waals surface area contributed by atoms with Crippen LogP contribution in [0, 0.1) is 5.92 Å². The molecule has 0 radical (unpaired) electrons. The zero-order valence-corrected chi connectivity index (χ0v) is 10.3. The number of hydrogen-bond donors (Lipinski definition) is 0. The SMILES string of the molecule is CC1CC2c3ccccc3-c3cccc(c32)C1=O. The Morgan fingerprint density at radius 2 is 1.67 bits per heavy atom. The first kappa shape index (κ1) is 10.1. The molecule has 0 heterocycles. The summed E-state index contributed by atoms with van der Waals surface area (Å²) in [6.45, 7) is 2.05. The van der Waals surface area contributed by atoms with Gasteiger partial charge in [0.05, 0.1) is 0 Å². The average Bonchev–Trinajstić information content (AvgIpc) is 2.72. The topological polar surface area (TPSA) is 17.1 Å². The number of ketones is 1. The first-order valence-corrected chi connectivity index (χ1v) is 6.54. The van der Waals surface area contributed by atoms with Crippen LogP contribution in [-0.4, -0.2) is 5.78 Å². The van der Waals surface area contributed by atoms with Crippen LogP contribution in [0.15, 0.2) is 42.5 Å². The lowest BCUT2D eigenvalue weighted by molar-refractivity contribution is 0.0909. The van der Waals surface area contributed by atoms with Gasteiger partial charge in [0, 0.05) is 17.4 Å². The summed E-state index contributed by atoms with van der Waals surface area (Å²) >= 11 is 0. The van der Waals surface area contributed by atoms with Gasteiger partial charge < -0.3 is 0 Å². The number of carbonyl (C=O) groups is 1. The van der Waals surface area contributed by atoms with E-state index in [0.29, 0.717) is 11.7 Å². The van der Waals surface area contributed by atoms with E-state index in [4.69, 9.17) is 0 Å². The molecule has 0 saturated heterocycles. The van der Waals surface area contributed by atoms with E-state index in [1.807, 2.05) is 12.1 Å². The molecule has 0 N–H and O–H groups in total. The van der Waals surface area contributed by atoms with Crippen LogP contribution in [0.1, 0.15) is 40.7 Å². The Morgan fingerprint density at radius 3 is 2.56 bits per heavy atom. The number of Topliss-reactive ketones (excluding diaryl/α,β-unsaturated/α-hetero) is 1. The third-order valence-corrected chi connectivity index (χ3v) is 4.38. The zero-order valence-electron chi connectivity index (χ0n) is 10.3. The highest BCUT2D eigenvalue weighted by Crippen LogP contribution is 2.51. The van der Waals surface area contributed by atoms with Gasteiger partial charge in [-0.3, -0.25) is 4.79 Å². The molecule has 0 aromatic heterocycles. The van der Waals surface area contributed by atoms with E-state index in [1.54, 1.807) is 0 Å². The summed E-state index contributed by atoms with van der Waals surface area (Å²) in [7, 11) is 0. The molecule has 88 valence electrons. The lowest BCUT2D eigenvalue weighted by atomic mass is 9.76. The normalized spacial score (nSPS) is 23.7. The summed E-state index contributed by atoms with van der Waals surface area (Å²) < 4.78 is 0. The maximum atomic E-state index is 12.3. The molecule has 2 aliphatic rings. The van der Waals surface area contributed by atoms with Gasteiger partial charge in [-0.2, -0.15) is 0 Å². The van der Waals surface area contributed by atoms with Crippen molar-refractivity contribution in [1.29, 1.82) is 0 Å². The first-order valence-electron chi connectivity index (χ1n) is 6.54. The summed E-state index contributed by atoms with van der Waals surface area (Å²) in [6, 6.07) is 14.7. The maximum absolute atomic E-state index is 12.3. The standard InChI is InChI=1S/C17H14O/c1-10-9-15-12-6-3-2-5-11(12)13-7-4-8-14(16(13)15)17(10)18/h2-8,10,15H,9H2,1H3. The van der Waals surface area contributed by atoms with E-state index < -0.39 is 0 Å². The van der Waals surface area contributed by atoms with Crippen LogP contribution in [0.3, 0.4) is 0 Å². The van der Waals surface area contributed by atoms with Gasteiger partial charge in [0.25, 0.3) is 0 Å². The molecule has 4 rings (SSSR count). The molecule has 2 aliphatic carbocycles. The second-order valence-electron chi connectivity index (χ2n) is 5.41. The van der Waals surface area contributed by atoms with Crippen LogP contribution < -0.4 is 0 Å². The Labute approximate surface area is 106 Å². The van der Waals surface area contributed by atoms with Crippen molar-refractivity contribution in [2.45, 2.75) is 19.3 Å². The predicted molar refractivity (Wildman–Crippen MR) is 71.8 cm³/mol. The molecule has 1 nitrogen and oxygen atoms in total. The summed E-state index contributed by atoms with van der Waals surface area (Å²) in [6.07, 6.45) is 0.958. The van der Waals surface area contributed by atoms with Crippen LogP contribution in [0.25, 0.3) is 11.1 Å². The number of hydrogen-bond acceptors (Lipinski definition) is 1. The van der Waals surface area contributed by atoms with Gasteiger partial charge in [0.1, 0.15) is 0 Å². The van der Waals surface area contributed by atoms with Crippen LogP contribution in [0.5, 0.6) is 0 Å². The quantitative estimate of drug-likeness (QED) is 0.672. The van der Waals surface area contributed by atoms with E-state index >= 15 is 0 Å². The van der Waals surface area contributed by atoms with Gasteiger partial charge in [0.15, 0.2) is 5.78 Å². The minimum Gasteiger partial charge on any atom is -0.294 e. The smallest absolute Gasteiger partial charge is 0.166 e. The Kier molecular flexibility index (Phi) is 1.86. The van der Waals surface area contributed by atoms with Gasteiger partial charge in [-0.15, -0.1) is 0 Å². The summed E-state index contributed by atoms with van der Waals surface area (Å²) in [4.78, 5) is 12.3. The third kappa shape index (κ3) is 1.09. The highest BCUT2D eigenvalue weighted by Gasteiger charge is 2.38. The summed E-state index contributed by atoms with van der Waals surface area (Å²) in [5.41, 5.74) is 6.23. The van der Waals surface area contributed by atoms with Crippen molar-refractivity contribution in [2.24, 2.45) is 5.92 Å². The van der Waals surface area contributed by atoms with Crippen LogP contribution in [0.4, 0.5) is 0 Å². The molecule has 18 heavy (non-hydrogen) atoms. The van der Waals surface area contributed by atoms with E-state index in [1.165, 1.54) is 22.3 Å². The van der Waals surface area contributed by atoms with Crippen molar-refractivity contribution < 1.29 is 4.79 Å². The van der Waals surface area contributed by atoms with Gasteiger partial charge in [-0.05, 0) is 28.7 Å². The molecule has 0 spiro atoms. The van der Waals surface area contributed by atoms with Crippen molar-refractivity contribution in [3.8, 4) is 11.1 Å². The van der Waals surface area contributed by atoms with E-state index in [2.05, 4.69) is 37.3 Å². The Bertz CT molecular complexity index is 669. The molecule has 0 aliphatic heterocycles. The highest BCUT2D eigenvalue weighted by atomic mass is 16.1.